The van der Waals surface area contributed by atoms with E-state index in [2.05, 4.69) is 4.98 Å². The van der Waals surface area contributed by atoms with Gasteiger partial charge in [-0.15, -0.1) is 0 Å². The summed E-state index contributed by atoms with van der Waals surface area (Å²) in [5, 5.41) is 8.91. The molecule has 48 valence electrons. The lowest BCUT2D eigenvalue weighted by Crippen LogP contribution is -1.83. The second kappa shape index (κ2) is 1.89. The van der Waals surface area contributed by atoms with E-state index in [0.29, 0.717) is 6.29 Å². The van der Waals surface area contributed by atoms with Gasteiger partial charge in [0.15, 0.2) is 12.0 Å². The molecule has 0 aliphatic rings. The largest absolute Gasteiger partial charge is 0.493 e. The van der Waals surface area contributed by atoms with Crippen LogP contribution in [-0.4, -0.2) is 20.9 Å². The fourth-order valence-corrected chi connectivity index (χ4v) is 0.525. The van der Waals surface area contributed by atoms with Crippen LogP contribution in [0.25, 0.3) is 0 Å². The number of imidazole rings is 1. The van der Waals surface area contributed by atoms with Gasteiger partial charge in [-0.25, -0.2) is 4.98 Å². The van der Waals surface area contributed by atoms with E-state index >= 15 is 0 Å². The van der Waals surface area contributed by atoms with Gasteiger partial charge in [0.2, 0.25) is 5.88 Å². The van der Waals surface area contributed by atoms with Crippen molar-refractivity contribution in [2.45, 2.75) is 0 Å². The Bertz CT molecular complexity index is 229. The number of hydrogen-bond acceptors (Lipinski definition) is 3. The predicted molar refractivity (Wildman–Crippen MR) is 30.3 cm³/mol. The number of aromatic nitrogens is 2. The summed E-state index contributed by atoms with van der Waals surface area (Å²) in [6, 6.07) is 0. The average Bonchev–Trinajstić information content (AvgIpc) is 2.15. The zero-order chi connectivity index (χ0) is 6.85. The van der Waals surface area contributed by atoms with E-state index in [-0.39, 0.29) is 11.6 Å². The van der Waals surface area contributed by atoms with E-state index in [1.54, 1.807) is 7.05 Å². The number of carbonyl (C=O) groups excluding carboxylic acids is 1. The maximum atomic E-state index is 10.0. The van der Waals surface area contributed by atoms with Crippen molar-refractivity contribution >= 4 is 6.29 Å². The lowest BCUT2D eigenvalue weighted by molar-refractivity contribution is 0.111. The summed E-state index contributed by atoms with van der Waals surface area (Å²) in [7, 11) is 1.61. The monoisotopic (exact) mass is 126 g/mol. The lowest BCUT2D eigenvalue weighted by atomic mass is 10.5. The molecule has 0 saturated carbocycles. The van der Waals surface area contributed by atoms with Gasteiger partial charge in [-0.3, -0.25) is 4.79 Å². The van der Waals surface area contributed by atoms with Crippen LogP contribution in [0.2, 0.25) is 0 Å². The Morgan fingerprint density at radius 3 is 2.78 bits per heavy atom. The molecule has 0 spiro atoms. The molecule has 0 radical (unpaired) electrons. The number of aryl methyl sites for hydroxylation is 1. The van der Waals surface area contributed by atoms with Gasteiger partial charge in [0.25, 0.3) is 0 Å². The zero-order valence-corrected chi connectivity index (χ0v) is 4.90. The van der Waals surface area contributed by atoms with E-state index in [9.17, 15) is 4.79 Å². The highest BCUT2D eigenvalue weighted by Gasteiger charge is 2.02. The molecule has 1 heterocycles. The molecule has 0 amide bonds. The first kappa shape index (κ1) is 5.81. The second-order valence-corrected chi connectivity index (χ2v) is 1.68. The first-order valence-electron chi connectivity index (χ1n) is 2.41. The Balaban J connectivity index is 3.18. The first-order valence-corrected chi connectivity index (χ1v) is 2.41. The quantitative estimate of drug-likeness (QED) is 0.536. The minimum Gasteiger partial charge on any atom is -0.493 e. The molecular formula is C5H6N2O2. The van der Waals surface area contributed by atoms with E-state index in [0.717, 1.165) is 0 Å². The zero-order valence-electron chi connectivity index (χ0n) is 4.90. The maximum absolute atomic E-state index is 10.0. The van der Waals surface area contributed by atoms with Gasteiger partial charge in [0.05, 0.1) is 6.33 Å². The topological polar surface area (TPSA) is 55.1 Å². The summed E-state index contributed by atoms with van der Waals surface area (Å²) in [6.45, 7) is 0. The molecule has 0 aliphatic heterocycles. The van der Waals surface area contributed by atoms with Crippen molar-refractivity contribution in [2.75, 3.05) is 0 Å². The van der Waals surface area contributed by atoms with Crippen LogP contribution in [0.15, 0.2) is 6.33 Å². The van der Waals surface area contributed by atoms with Crippen molar-refractivity contribution in [2.24, 2.45) is 7.05 Å². The predicted octanol–water partition coefficient (Wildman–Crippen LogP) is -0.0618. The summed E-state index contributed by atoms with van der Waals surface area (Å²) in [5.41, 5.74) is 0.0810. The Hall–Kier alpha value is -1.32. The van der Waals surface area contributed by atoms with Crippen LogP contribution in [0.4, 0.5) is 0 Å². The number of rotatable bonds is 1. The lowest BCUT2D eigenvalue weighted by Gasteiger charge is -1.88. The van der Waals surface area contributed by atoms with E-state index in [4.69, 9.17) is 5.11 Å². The smallest absolute Gasteiger partial charge is 0.222 e. The van der Waals surface area contributed by atoms with Crippen LogP contribution in [0.5, 0.6) is 5.88 Å². The molecule has 0 aromatic carbocycles. The van der Waals surface area contributed by atoms with Gasteiger partial charge < -0.3 is 9.67 Å². The molecule has 0 atom stereocenters. The van der Waals surface area contributed by atoms with Crippen molar-refractivity contribution in [3.63, 3.8) is 0 Å². The van der Waals surface area contributed by atoms with Gasteiger partial charge >= 0.3 is 0 Å². The number of aromatic hydroxyl groups is 1. The number of carbonyl (C=O) groups is 1. The minimum atomic E-state index is -0.0926. The molecule has 4 nitrogen and oxygen atoms in total. The third-order valence-electron chi connectivity index (χ3n) is 1.04. The third kappa shape index (κ3) is 0.782. The van der Waals surface area contributed by atoms with Gasteiger partial charge in [-0.2, -0.15) is 0 Å². The molecule has 1 N–H and O–H groups in total. The number of hydrogen-bond donors (Lipinski definition) is 1. The molecule has 1 aromatic rings. The number of nitrogens with zero attached hydrogens (tertiary/aromatic N) is 2. The van der Waals surface area contributed by atoms with Crippen LogP contribution in [0.3, 0.4) is 0 Å². The van der Waals surface area contributed by atoms with Gasteiger partial charge in [-0.1, -0.05) is 0 Å². The molecule has 1 rings (SSSR count). The molecule has 0 fully saturated rings. The van der Waals surface area contributed by atoms with Crippen LogP contribution in [0, 0.1) is 0 Å². The molecule has 0 unspecified atom stereocenters. The van der Waals surface area contributed by atoms with E-state index in [1.807, 2.05) is 0 Å². The standard InChI is InChI=1S/C5H6N2O2/c1-7-3-6-4(2-8)5(7)9/h2-3,9H,1H3. The van der Waals surface area contributed by atoms with E-state index in [1.165, 1.54) is 10.9 Å². The summed E-state index contributed by atoms with van der Waals surface area (Å²) >= 11 is 0. The van der Waals surface area contributed by atoms with Gasteiger partial charge in [0, 0.05) is 7.05 Å². The summed E-state index contributed by atoms with van der Waals surface area (Å²) in [5.74, 6) is -0.0926. The summed E-state index contributed by atoms with van der Waals surface area (Å²) < 4.78 is 1.36. The van der Waals surface area contributed by atoms with Crippen LogP contribution in [0.1, 0.15) is 10.5 Å². The Morgan fingerprint density at radius 1 is 1.89 bits per heavy atom. The van der Waals surface area contributed by atoms with Gasteiger partial charge in [0.1, 0.15) is 0 Å². The molecule has 0 aliphatic carbocycles. The fourth-order valence-electron chi connectivity index (χ4n) is 0.525. The van der Waals surface area contributed by atoms with Crippen LogP contribution < -0.4 is 0 Å². The van der Waals surface area contributed by atoms with Crippen molar-refractivity contribution in [1.29, 1.82) is 0 Å². The number of aldehydes is 1. The normalized spacial score (nSPS) is 9.44. The Labute approximate surface area is 51.8 Å². The first-order chi connectivity index (χ1) is 4.25. The summed E-state index contributed by atoms with van der Waals surface area (Å²) in [6.07, 6.45) is 1.88. The van der Waals surface area contributed by atoms with Crippen molar-refractivity contribution in [1.82, 2.24) is 9.55 Å². The minimum absolute atomic E-state index is 0.0810. The van der Waals surface area contributed by atoms with Crippen molar-refractivity contribution in [3.05, 3.63) is 12.0 Å². The highest BCUT2D eigenvalue weighted by Crippen LogP contribution is 2.09. The third-order valence-corrected chi connectivity index (χ3v) is 1.04. The SMILES string of the molecule is Cn1cnc(C=O)c1O. The van der Waals surface area contributed by atoms with E-state index < -0.39 is 0 Å². The molecule has 1 aromatic heterocycles. The Morgan fingerprint density at radius 2 is 2.56 bits per heavy atom. The van der Waals surface area contributed by atoms with Gasteiger partial charge in [-0.05, 0) is 0 Å². The maximum Gasteiger partial charge on any atom is 0.222 e. The second-order valence-electron chi connectivity index (χ2n) is 1.68. The molecule has 9 heavy (non-hydrogen) atoms. The highest BCUT2D eigenvalue weighted by atomic mass is 16.3. The van der Waals surface area contributed by atoms with Crippen LogP contribution in [-0.2, 0) is 7.05 Å². The van der Waals surface area contributed by atoms with Crippen molar-refractivity contribution < 1.29 is 9.90 Å². The summed E-state index contributed by atoms with van der Waals surface area (Å²) in [4.78, 5) is 13.6. The molecular weight excluding hydrogens is 120 g/mol. The highest BCUT2D eigenvalue weighted by molar-refractivity contribution is 5.74. The molecule has 4 heteroatoms. The fraction of sp³-hybridized carbons (Fsp3) is 0.200. The Kier molecular flexibility index (Phi) is 1.22. The average molecular weight is 126 g/mol. The molecule has 0 bridgehead atoms. The van der Waals surface area contributed by atoms with Crippen molar-refractivity contribution in [3.8, 4) is 5.88 Å². The molecule has 0 saturated heterocycles. The van der Waals surface area contributed by atoms with Crippen LogP contribution >= 0.6 is 0 Å².